The number of primary amides is 1. The summed E-state index contributed by atoms with van der Waals surface area (Å²) < 4.78 is 42.0. The maximum Gasteiger partial charge on any atom is 0.437 e. The topological polar surface area (TPSA) is 65.2 Å². The van der Waals surface area contributed by atoms with Crippen molar-refractivity contribution in [1.82, 2.24) is 4.98 Å². The van der Waals surface area contributed by atoms with E-state index in [2.05, 4.69) is 9.72 Å². The number of halogens is 3. The molecule has 17 heavy (non-hydrogen) atoms. The van der Waals surface area contributed by atoms with Crippen molar-refractivity contribution in [3.63, 3.8) is 0 Å². The Kier molecular flexibility index (Phi) is 3.93. The van der Waals surface area contributed by atoms with E-state index in [4.69, 9.17) is 5.73 Å². The van der Waals surface area contributed by atoms with Gasteiger partial charge in [-0.1, -0.05) is 0 Å². The fourth-order valence-corrected chi connectivity index (χ4v) is 1.16. The van der Waals surface area contributed by atoms with Gasteiger partial charge >= 0.3 is 6.18 Å². The molecule has 0 unspecified atom stereocenters. The van der Waals surface area contributed by atoms with E-state index in [0.717, 1.165) is 19.4 Å². The molecule has 0 aliphatic rings. The van der Waals surface area contributed by atoms with Gasteiger partial charge < -0.3 is 10.5 Å². The quantitative estimate of drug-likeness (QED) is 0.877. The molecule has 1 amide bonds. The van der Waals surface area contributed by atoms with Crippen LogP contribution in [0, 0.1) is 6.42 Å². The van der Waals surface area contributed by atoms with Gasteiger partial charge in [0.2, 0.25) is 5.91 Å². The number of rotatable bonds is 4. The second-order valence-corrected chi connectivity index (χ2v) is 3.19. The van der Waals surface area contributed by atoms with Crippen LogP contribution in [0.3, 0.4) is 0 Å². The Morgan fingerprint density at radius 2 is 2.24 bits per heavy atom. The van der Waals surface area contributed by atoms with E-state index in [1.54, 1.807) is 0 Å². The summed E-state index contributed by atoms with van der Waals surface area (Å²) in [6, 6.07) is 1.15. The van der Waals surface area contributed by atoms with Gasteiger partial charge in [-0.3, -0.25) is 4.79 Å². The van der Waals surface area contributed by atoms with Crippen molar-refractivity contribution >= 4 is 5.91 Å². The number of carbonyl (C=O) groups excluding carboxylic acids is 1. The number of hydrogen-bond acceptors (Lipinski definition) is 3. The number of amides is 1. The van der Waals surface area contributed by atoms with Gasteiger partial charge in [0, 0.05) is 19.0 Å². The highest BCUT2D eigenvalue weighted by Gasteiger charge is 2.36. The molecule has 0 atom stereocenters. The lowest BCUT2D eigenvalue weighted by Gasteiger charge is -2.11. The molecule has 1 radical (unpaired) electrons. The van der Waals surface area contributed by atoms with Crippen LogP contribution in [-0.4, -0.2) is 18.0 Å². The van der Waals surface area contributed by atoms with Crippen molar-refractivity contribution in [3.05, 3.63) is 29.9 Å². The molecule has 1 rings (SSSR count). The van der Waals surface area contributed by atoms with E-state index in [1.165, 1.54) is 6.42 Å². The second kappa shape index (κ2) is 5.03. The summed E-state index contributed by atoms with van der Waals surface area (Å²) in [6.07, 6.45) is -2.27. The minimum absolute atomic E-state index is 0.0732. The third kappa shape index (κ3) is 3.61. The van der Waals surface area contributed by atoms with Crippen LogP contribution in [0.2, 0.25) is 0 Å². The smallest absolute Gasteiger partial charge is 0.437 e. The summed E-state index contributed by atoms with van der Waals surface area (Å²) in [4.78, 5) is 13.8. The van der Waals surface area contributed by atoms with Gasteiger partial charge in [-0.25, -0.2) is 4.98 Å². The lowest BCUT2D eigenvalue weighted by Crippen LogP contribution is -2.12. The number of alkyl halides is 3. The van der Waals surface area contributed by atoms with Crippen molar-refractivity contribution in [2.24, 2.45) is 5.73 Å². The van der Waals surface area contributed by atoms with Gasteiger partial charge in [-0.2, -0.15) is 13.2 Å². The van der Waals surface area contributed by atoms with Crippen molar-refractivity contribution in [2.75, 3.05) is 7.11 Å². The van der Waals surface area contributed by atoms with Crippen LogP contribution in [0.5, 0.6) is 5.75 Å². The molecule has 0 saturated heterocycles. The zero-order valence-electron chi connectivity index (χ0n) is 8.91. The third-order valence-corrected chi connectivity index (χ3v) is 1.90. The number of carbonyl (C=O) groups is 1. The average molecular weight is 247 g/mol. The van der Waals surface area contributed by atoms with E-state index in [9.17, 15) is 18.0 Å². The van der Waals surface area contributed by atoms with Gasteiger partial charge in [0.15, 0.2) is 5.69 Å². The second-order valence-electron chi connectivity index (χ2n) is 3.19. The summed E-state index contributed by atoms with van der Waals surface area (Å²) >= 11 is 0. The molecule has 1 heterocycles. The summed E-state index contributed by atoms with van der Waals surface area (Å²) in [7, 11) is 1.12. The Hall–Kier alpha value is -1.79. The zero-order chi connectivity index (χ0) is 13.1. The molecule has 93 valence electrons. The molecule has 0 fully saturated rings. The number of ether oxygens (including phenoxy) is 1. The average Bonchev–Trinajstić information content (AvgIpc) is 2.24. The van der Waals surface area contributed by atoms with Crippen molar-refractivity contribution in [1.29, 1.82) is 0 Å². The minimum Gasteiger partial charge on any atom is -0.494 e. The van der Waals surface area contributed by atoms with Crippen LogP contribution in [0.4, 0.5) is 13.2 Å². The number of methoxy groups -OCH3 is 1. The predicted molar refractivity (Wildman–Crippen MR) is 53.0 cm³/mol. The van der Waals surface area contributed by atoms with Crippen LogP contribution < -0.4 is 10.5 Å². The number of pyridine rings is 1. The molecule has 0 aliphatic carbocycles. The van der Waals surface area contributed by atoms with Crippen LogP contribution >= 0.6 is 0 Å². The fourth-order valence-electron chi connectivity index (χ4n) is 1.16. The molecular weight excluding hydrogens is 237 g/mol. The highest BCUT2D eigenvalue weighted by molar-refractivity contribution is 5.75. The lowest BCUT2D eigenvalue weighted by atomic mass is 10.1. The van der Waals surface area contributed by atoms with Crippen LogP contribution in [0.25, 0.3) is 0 Å². The van der Waals surface area contributed by atoms with Gasteiger partial charge in [0.1, 0.15) is 5.75 Å². The summed E-state index contributed by atoms with van der Waals surface area (Å²) in [5, 5.41) is 0. The largest absolute Gasteiger partial charge is 0.494 e. The molecule has 1 aromatic heterocycles. The molecule has 0 saturated carbocycles. The summed E-state index contributed by atoms with van der Waals surface area (Å²) in [6.45, 7) is 0. The van der Waals surface area contributed by atoms with E-state index in [0.29, 0.717) is 5.56 Å². The van der Waals surface area contributed by atoms with Gasteiger partial charge in [-0.15, -0.1) is 0 Å². The van der Waals surface area contributed by atoms with Crippen LogP contribution in [-0.2, 0) is 11.0 Å². The predicted octanol–water partition coefficient (Wildman–Crippen LogP) is 1.54. The molecule has 0 aromatic carbocycles. The highest BCUT2D eigenvalue weighted by atomic mass is 19.4. The Balaban J connectivity index is 2.96. The number of hydrogen-bond donors (Lipinski definition) is 1. The number of aromatic nitrogens is 1. The maximum absolute atomic E-state index is 12.5. The van der Waals surface area contributed by atoms with E-state index in [-0.39, 0.29) is 6.42 Å². The number of nitrogens with zero attached hydrogens (tertiary/aromatic N) is 1. The standard InChI is InChI=1S/C10H10F3N2O2/c1-17-7-4-6(2-3-8(14)16)5-15-9(7)10(11,12)13/h2,4-5H,3H2,1H3,(H2,14,16). The molecule has 7 heteroatoms. The fraction of sp³-hybridized carbons (Fsp3) is 0.300. The Morgan fingerprint density at radius 1 is 1.59 bits per heavy atom. The highest BCUT2D eigenvalue weighted by Crippen LogP contribution is 2.34. The Morgan fingerprint density at radius 3 is 2.71 bits per heavy atom. The van der Waals surface area contributed by atoms with Crippen LogP contribution in [0.15, 0.2) is 12.3 Å². The van der Waals surface area contributed by atoms with Gasteiger partial charge in [0.25, 0.3) is 0 Å². The van der Waals surface area contributed by atoms with E-state index in [1.807, 2.05) is 0 Å². The van der Waals surface area contributed by atoms with Crippen molar-refractivity contribution in [3.8, 4) is 5.75 Å². The number of nitrogens with two attached hydrogens (primary N) is 1. The minimum atomic E-state index is -4.58. The molecule has 0 aliphatic heterocycles. The monoisotopic (exact) mass is 247 g/mol. The normalized spacial score (nSPS) is 11.3. The molecule has 1 aromatic rings. The van der Waals surface area contributed by atoms with E-state index >= 15 is 0 Å². The molecule has 0 bridgehead atoms. The van der Waals surface area contributed by atoms with Crippen LogP contribution in [0.1, 0.15) is 17.7 Å². The van der Waals surface area contributed by atoms with E-state index < -0.39 is 23.5 Å². The molecular formula is C10H10F3N2O2. The Bertz CT molecular complexity index is 419. The first kappa shape index (κ1) is 13.3. The third-order valence-electron chi connectivity index (χ3n) is 1.90. The maximum atomic E-state index is 12.5. The van der Waals surface area contributed by atoms with Crippen molar-refractivity contribution in [2.45, 2.75) is 12.6 Å². The summed E-state index contributed by atoms with van der Waals surface area (Å²) in [5.41, 5.74) is 4.15. The first-order valence-corrected chi connectivity index (χ1v) is 4.57. The zero-order valence-corrected chi connectivity index (χ0v) is 8.91. The Labute approximate surface area is 95.6 Å². The lowest BCUT2D eigenvalue weighted by molar-refractivity contribution is -0.142. The molecule has 4 nitrogen and oxygen atoms in total. The first-order valence-electron chi connectivity index (χ1n) is 4.57. The van der Waals surface area contributed by atoms with Crippen molar-refractivity contribution < 1.29 is 22.7 Å². The SMILES string of the molecule is COc1cc([CH]CC(N)=O)cnc1C(F)(F)F. The first-order chi connectivity index (χ1) is 7.84. The molecule has 0 spiro atoms. The van der Waals surface area contributed by atoms with Gasteiger partial charge in [0.05, 0.1) is 7.11 Å². The van der Waals surface area contributed by atoms with Gasteiger partial charge in [-0.05, 0) is 11.6 Å². The molecule has 2 N–H and O–H groups in total. The summed E-state index contributed by atoms with van der Waals surface area (Å²) in [5.74, 6) is -0.973.